The van der Waals surface area contributed by atoms with Gasteiger partial charge in [-0.1, -0.05) is 24.6 Å². The maximum Gasteiger partial charge on any atom is 0.141 e. The van der Waals surface area contributed by atoms with Gasteiger partial charge >= 0.3 is 0 Å². The van der Waals surface area contributed by atoms with E-state index in [1.54, 1.807) is 7.11 Å². The van der Waals surface area contributed by atoms with Gasteiger partial charge in [-0.3, -0.25) is 0 Å². The van der Waals surface area contributed by atoms with E-state index in [2.05, 4.69) is 0 Å². The Balaban J connectivity index is 3.29. The van der Waals surface area contributed by atoms with Crippen LogP contribution < -0.4 is 4.74 Å². The lowest BCUT2D eigenvalue weighted by Gasteiger charge is -2.17. The van der Waals surface area contributed by atoms with Gasteiger partial charge in [-0.25, -0.2) is 0 Å². The van der Waals surface area contributed by atoms with Crippen LogP contribution in [0, 0.1) is 6.92 Å². The van der Waals surface area contributed by atoms with Crippen LogP contribution in [0.3, 0.4) is 0 Å². The lowest BCUT2D eigenvalue weighted by Crippen LogP contribution is -2.04. The van der Waals surface area contributed by atoms with E-state index in [-0.39, 0.29) is 12.5 Å². The fraction of sp³-hybridized carbons (Fsp3) is 0.455. The third-order valence-corrected chi connectivity index (χ3v) is 2.63. The van der Waals surface area contributed by atoms with E-state index in [0.29, 0.717) is 10.8 Å². The second kappa shape index (κ2) is 4.67. The average Bonchev–Trinajstić information content (AvgIpc) is 2.19. The molecule has 0 aliphatic heterocycles. The molecule has 0 aliphatic carbocycles. The largest absolute Gasteiger partial charge is 0.495 e. The summed E-state index contributed by atoms with van der Waals surface area (Å²) >= 11 is 6.00. The van der Waals surface area contributed by atoms with Gasteiger partial charge in [-0.05, 0) is 18.6 Å². The summed E-state index contributed by atoms with van der Waals surface area (Å²) in [7, 11) is 1.59. The Labute approximate surface area is 89.5 Å². The summed E-state index contributed by atoms with van der Waals surface area (Å²) in [6.07, 6.45) is 0. The molecular weight excluding hydrogens is 200 g/mol. The van der Waals surface area contributed by atoms with Crippen LogP contribution in [0.15, 0.2) is 12.1 Å². The smallest absolute Gasteiger partial charge is 0.141 e. The molecule has 1 unspecified atom stereocenters. The van der Waals surface area contributed by atoms with Crippen molar-refractivity contribution in [2.45, 2.75) is 19.8 Å². The number of halogens is 1. The fourth-order valence-corrected chi connectivity index (χ4v) is 1.82. The first-order valence-corrected chi connectivity index (χ1v) is 4.93. The summed E-state index contributed by atoms with van der Waals surface area (Å²) in [5.41, 5.74) is 2.08. The van der Waals surface area contributed by atoms with Crippen molar-refractivity contribution in [3.05, 3.63) is 28.3 Å². The molecule has 1 aromatic carbocycles. The molecule has 2 nitrogen and oxygen atoms in total. The van der Waals surface area contributed by atoms with Gasteiger partial charge in [-0.15, -0.1) is 0 Å². The molecule has 3 heteroatoms. The quantitative estimate of drug-likeness (QED) is 0.839. The normalized spacial score (nSPS) is 12.6. The highest BCUT2D eigenvalue weighted by molar-refractivity contribution is 6.32. The molecule has 0 aromatic heterocycles. The minimum Gasteiger partial charge on any atom is -0.495 e. The first-order chi connectivity index (χ1) is 6.61. The molecule has 0 radical (unpaired) electrons. The van der Waals surface area contributed by atoms with Gasteiger partial charge in [0.05, 0.1) is 12.1 Å². The molecule has 0 spiro atoms. The Kier molecular flexibility index (Phi) is 3.78. The second-order valence-electron chi connectivity index (χ2n) is 3.39. The lowest BCUT2D eigenvalue weighted by molar-refractivity contribution is 0.269. The number of ether oxygens (including phenoxy) is 1. The third-order valence-electron chi connectivity index (χ3n) is 2.34. The number of hydrogen-bond acceptors (Lipinski definition) is 2. The van der Waals surface area contributed by atoms with Gasteiger partial charge in [-0.2, -0.15) is 0 Å². The predicted molar refractivity (Wildman–Crippen MR) is 58.2 cm³/mol. The Bertz CT molecular complexity index is 323. The van der Waals surface area contributed by atoms with E-state index in [0.717, 1.165) is 11.1 Å². The molecule has 1 N–H and O–H groups in total. The minimum absolute atomic E-state index is 0.0450. The maximum absolute atomic E-state index is 9.12. The van der Waals surface area contributed by atoms with Crippen molar-refractivity contribution >= 4 is 11.6 Å². The standard InChI is InChI=1S/C11H15ClO2/c1-7-4-5-9(12)11(14-3)10(7)8(2)6-13/h4-5,8,13H,6H2,1-3H3. The summed E-state index contributed by atoms with van der Waals surface area (Å²) in [5.74, 6) is 0.719. The molecule has 0 aliphatic rings. The summed E-state index contributed by atoms with van der Waals surface area (Å²) in [6.45, 7) is 4.03. The molecule has 0 bridgehead atoms. The molecule has 1 aromatic rings. The Morgan fingerprint density at radius 2 is 2.14 bits per heavy atom. The average molecular weight is 215 g/mol. The predicted octanol–water partition coefficient (Wildman–Crippen LogP) is 2.75. The first-order valence-electron chi connectivity index (χ1n) is 4.55. The molecule has 0 saturated heterocycles. The van der Waals surface area contributed by atoms with Crippen LogP contribution >= 0.6 is 11.6 Å². The van der Waals surface area contributed by atoms with E-state index in [1.165, 1.54) is 0 Å². The Morgan fingerprint density at radius 3 is 2.64 bits per heavy atom. The van der Waals surface area contributed by atoms with Gasteiger partial charge in [0, 0.05) is 18.1 Å². The SMILES string of the molecule is COc1c(Cl)ccc(C)c1C(C)CO. The van der Waals surface area contributed by atoms with Crippen molar-refractivity contribution in [3.63, 3.8) is 0 Å². The zero-order valence-electron chi connectivity index (χ0n) is 8.67. The van der Waals surface area contributed by atoms with Gasteiger partial charge in [0.1, 0.15) is 5.75 Å². The number of aliphatic hydroxyl groups excluding tert-OH is 1. The fourth-order valence-electron chi connectivity index (χ4n) is 1.58. The highest BCUT2D eigenvalue weighted by atomic mass is 35.5. The van der Waals surface area contributed by atoms with Crippen LogP contribution in [0.2, 0.25) is 5.02 Å². The van der Waals surface area contributed by atoms with Crippen molar-refractivity contribution in [1.29, 1.82) is 0 Å². The van der Waals surface area contributed by atoms with Crippen LogP contribution in [0.4, 0.5) is 0 Å². The third kappa shape index (κ3) is 2.02. The van der Waals surface area contributed by atoms with E-state index in [1.807, 2.05) is 26.0 Å². The van der Waals surface area contributed by atoms with Crippen LogP contribution in [-0.2, 0) is 0 Å². The number of aryl methyl sites for hydroxylation is 1. The summed E-state index contributed by atoms with van der Waals surface area (Å²) in [4.78, 5) is 0. The summed E-state index contributed by atoms with van der Waals surface area (Å²) in [6, 6.07) is 3.75. The molecule has 0 amide bonds. The highest BCUT2D eigenvalue weighted by Gasteiger charge is 2.15. The van der Waals surface area contributed by atoms with E-state index >= 15 is 0 Å². The number of methoxy groups -OCH3 is 1. The number of aliphatic hydroxyl groups is 1. The lowest BCUT2D eigenvalue weighted by atomic mass is 9.96. The van der Waals surface area contributed by atoms with Crippen LogP contribution in [-0.4, -0.2) is 18.8 Å². The zero-order valence-corrected chi connectivity index (χ0v) is 9.43. The molecule has 1 rings (SSSR count). The van der Waals surface area contributed by atoms with Crippen LogP contribution in [0.5, 0.6) is 5.75 Å². The summed E-state index contributed by atoms with van der Waals surface area (Å²) in [5, 5.41) is 9.72. The first kappa shape index (κ1) is 11.3. The molecule has 78 valence electrons. The van der Waals surface area contributed by atoms with Gasteiger partial charge in [0.25, 0.3) is 0 Å². The van der Waals surface area contributed by atoms with Crippen molar-refractivity contribution < 1.29 is 9.84 Å². The number of hydrogen-bond donors (Lipinski definition) is 1. The van der Waals surface area contributed by atoms with E-state index in [9.17, 15) is 0 Å². The van der Waals surface area contributed by atoms with E-state index in [4.69, 9.17) is 21.4 Å². The maximum atomic E-state index is 9.12. The molecular formula is C11H15ClO2. The Morgan fingerprint density at radius 1 is 1.50 bits per heavy atom. The molecule has 0 saturated carbocycles. The van der Waals surface area contributed by atoms with Gasteiger partial charge < -0.3 is 9.84 Å². The topological polar surface area (TPSA) is 29.5 Å². The minimum atomic E-state index is 0.0450. The summed E-state index contributed by atoms with van der Waals surface area (Å²) < 4.78 is 5.24. The zero-order chi connectivity index (χ0) is 10.7. The monoisotopic (exact) mass is 214 g/mol. The van der Waals surface area contributed by atoms with Gasteiger partial charge in [0.15, 0.2) is 0 Å². The van der Waals surface area contributed by atoms with Crippen molar-refractivity contribution in [1.82, 2.24) is 0 Å². The number of benzene rings is 1. The molecule has 1 atom stereocenters. The van der Waals surface area contributed by atoms with Crippen LogP contribution in [0.25, 0.3) is 0 Å². The molecule has 14 heavy (non-hydrogen) atoms. The van der Waals surface area contributed by atoms with Crippen molar-refractivity contribution in [3.8, 4) is 5.75 Å². The second-order valence-corrected chi connectivity index (χ2v) is 3.80. The van der Waals surface area contributed by atoms with Crippen molar-refractivity contribution in [2.24, 2.45) is 0 Å². The van der Waals surface area contributed by atoms with Gasteiger partial charge in [0.2, 0.25) is 0 Å². The Hall–Kier alpha value is -0.730. The number of rotatable bonds is 3. The molecule has 0 fully saturated rings. The van der Waals surface area contributed by atoms with E-state index < -0.39 is 0 Å². The molecule has 0 heterocycles. The van der Waals surface area contributed by atoms with Crippen molar-refractivity contribution in [2.75, 3.05) is 13.7 Å². The highest BCUT2D eigenvalue weighted by Crippen LogP contribution is 2.35. The van der Waals surface area contributed by atoms with Crippen LogP contribution in [0.1, 0.15) is 24.0 Å².